The van der Waals surface area contributed by atoms with Crippen molar-refractivity contribution in [2.45, 2.75) is 4.90 Å². The topological polar surface area (TPSA) is 75.2 Å². The van der Waals surface area contributed by atoms with Crippen LogP contribution in [-0.4, -0.2) is 32.5 Å². The monoisotopic (exact) mass is 410 g/mol. The number of fused-ring (bicyclic) bond motifs is 1. The van der Waals surface area contributed by atoms with Gasteiger partial charge in [-0.25, -0.2) is 23.1 Å². The van der Waals surface area contributed by atoms with E-state index in [0.29, 0.717) is 5.95 Å². The number of nitrogens with zero attached hydrogens (tertiary/aromatic N) is 3. The minimum atomic E-state index is -3.46. The van der Waals surface area contributed by atoms with Crippen molar-refractivity contribution in [2.24, 2.45) is 0 Å². The fourth-order valence-electron chi connectivity index (χ4n) is 2.84. The number of sulfonamides is 1. The first-order valence-electron chi connectivity index (χ1n) is 8.57. The Hall–Kier alpha value is -2.81. The fraction of sp³-hybridized carbons (Fsp3) is 0.100. The van der Waals surface area contributed by atoms with Crippen LogP contribution in [0.5, 0.6) is 0 Å². The maximum atomic E-state index is 11.9. The lowest BCUT2D eigenvalue weighted by atomic mass is 10.2. The molecule has 0 aliphatic heterocycles. The van der Waals surface area contributed by atoms with Gasteiger partial charge >= 0.3 is 0 Å². The lowest BCUT2D eigenvalue weighted by Crippen LogP contribution is -2.19. The third kappa shape index (κ3) is 3.49. The first kappa shape index (κ1) is 18.5. The highest BCUT2D eigenvalue weighted by atomic mass is 32.2. The molecule has 0 aliphatic rings. The molecular formula is C20H18N4O2S2. The van der Waals surface area contributed by atoms with E-state index in [4.69, 9.17) is 4.98 Å². The summed E-state index contributed by atoms with van der Waals surface area (Å²) in [6, 6.07) is 18.9. The van der Waals surface area contributed by atoms with Crippen LogP contribution in [0.3, 0.4) is 0 Å². The fourth-order valence-corrected chi connectivity index (χ4v) is 4.60. The van der Waals surface area contributed by atoms with Gasteiger partial charge in [0, 0.05) is 23.6 Å². The summed E-state index contributed by atoms with van der Waals surface area (Å²) in [6.07, 6.45) is 1.73. The molecule has 142 valence electrons. The first-order chi connectivity index (χ1) is 13.5. The minimum Gasteiger partial charge on any atom is -0.314 e. The van der Waals surface area contributed by atoms with E-state index in [1.54, 1.807) is 41.8 Å². The molecule has 0 spiro atoms. The smallest absolute Gasteiger partial charge is 0.240 e. The standard InChI is InChI=1S/C20H18N4O2S2/c1-21-28(25,26)16-9-7-15(8-10-16)24(2)20-22-12-11-17(23-20)19-13-14-5-3-4-6-18(14)27-19/h3-13,21H,1-2H3. The normalized spacial score (nSPS) is 11.6. The number of hydrogen-bond acceptors (Lipinski definition) is 6. The van der Waals surface area contributed by atoms with Crippen LogP contribution in [0.4, 0.5) is 11.6 Å². The SMILES string of the molecule is CNS(=O)(=O)c1ccc(N(C)c2nccc(-c3cc4ccccc4s3)n2)cc1. The summed E-state index contributed by atoms with van der Waals surface area (Å²) < 4.78 is 27.3. The summed E-state index contributed by atoms with van der Waals surface area (Å²) in [5.74, 6) is 0.541. The van der Waals surface area contributed by atoms with E-state index in [-0.39, 0.29) is 4.90 Å². The van der Waals surface area contributed by atoms with Crippen LogP contribution in [0.15, 0.2) is 71.8 Å². The van der Waals surface area contributed by atoms with E-state index in [1.165, 1.54) is 17.1 Å². The molecule has 6 nitrogen and oxygen atoms in total. The Kier molecular flexibility index (Phi) is 4.84. The maximum Gasteiger partial charge on any atom is 0.240 e. The van der Waals surface area contributed by atoms with Gasteiger partial charge in [-0.2, -0.15) is 0 Å². The first-order valence-corrected chi connectivity index (χ1v) is 10.9. The lowest BCUT2D eigenvalue weighted by molar-refractivity contribution is 0.588. The Bertz CT molecular complexity index is 1200. The number of thiophene rings is 1. The third-order valence-electron chi connectivity index (χ3n) is 4.42. The van der Waals surface area contributed by atoms with Gasteiger partial charge in [-0.3, -0.25) is 0 Å². The van der Waals surface area contributed by atoms with E-state index in [0.717, 1.165) is 16.3 Å². The van der Waals surface area contributed by atoms with Crippen molar-refractivity contribution in [3.8, 4) is 10.6 Å². The highest BCUT2D eigenvalue weighted by molar-refractivity contribution is 7.89. The van der Waals surface area contributed by atoms with Gasteiger partial charge in [0.1, 0.15) is 0 Å². The van der Waals surface area contributed by atoms with Gasteiger partial charge in [0.25, 0.3) is 0 Å². The molecule has 28 heavy (non-hydrogen) atoms. The zero-order chi connectivity index (χ0) is 19.7. The van der Waals surface area contributed by atoms with Gasteiger partial charge in [0.05, 0.1) is 15.5 Å². The van der Waals surface area contributed by atoms with Gasteiger partial charge in [0.2, 0.25) is 16.0 Å². The van der Waals surface area contributed by atoms with E-state index in [2.05, 4.69) is 27.9 Å². The Morgan fingerprint density at radius 3 is 2.50 bits per heavy atom. The average molecular weight is 411 g/mol. The number of rotatable bonds is 5. The molecule has 0 atom stereocenters. The summed E-state index contributed by atoms with van der Waals surface area (Å²) in [5.41, 5.74) is 1.65. The van der Waals surface area contributed by atoms with Crippen LogP contribution in [0.2, 0.25) is 0 Å². The Morgan fingerprint density at radius 2 is 1.79 bits per heavy atom. The molecule has 0 fully saturated rings. The van der Waals surface area contributed by atoms with Crippen LogP contribution in [0.25, 0.3) is 20.7 Å². The number of anilines is 2. The molecule has 0 saturated heterocycles. The van der Waals surface area contributed by atoms with Gasteiger partial charge < -0.3 is 4.90 Å². The van der Waals surface area contributed by atoms with Gasteiger partial charge in [-0.15, -0.1) is 11.3 Å². The molecule has 0 unspecified atom stereocenters. The van der Waals surface area contributed by atoms with Crippen molar-refractivity contribution in [3.63, 3.8) is 0 Å². The number of aromatic nitrogens is 2. The van der Waals surface area contributed by atoms with Gasteiger partial charge in [-0.1, -0.05) is 18.2 Å². The quantitative estimate of drug-likeness (QED) is 0.538. The van der Waals surface area contributed by atoms with Crippen molar-refractivity contribution in [1.29, 1.82) is 0 Å². The van der Waals surface area contributed by atoms with Crippen molar-refractivity contribution in [1.82, 2.24) is 14.7 Å². The van der Waals surface area contributed by atoms with E-state index < -0.39 is 10.0 Å². The van der Waals surface area contributed by atoms with Crippen LogP contribution >= 0.6 is 11.3 Å². The molecule has 4 aromatic rings. The second kappa shape index (κ2) is 7.31. The molecule has 2 heterocycles. The maximum absolute atomic E-state index is 11.9. The molecule has 0 saturated carbocycles. The zero-order valence-electron chi connectivity index (χ0n) is 15.3. The molecule has 0 amide bonds. The molecule has 0 aliphatic carbocycles. The van der Waals surface area contributed by atoms with Crippen molar-refractivity contribution in [2.75, 3.05) is 19.0 Å². The zero-order valence-corrected chi connectivity index (χ0v) is 17.0. The van der Waals surface area contributed by atoms with Crippen molar-refractivity contribution >= 4 is 43.1 Å². The van der Waals surface area contributed by atoms with E-state index in [1.807, 2.05) is 30.1 Å². The predicted molar refractivity (Wildman–Crippen MR) is 114 cm³/mol. The summed E-state index contributed by atoms with van der Waals surface area (Å²) >= 11 is 1.69. The minimum absolute atomic E-state index is 0.215. The second-order valence-electron chi connectivity index (χ2n) is 6.15. The molecular weight excluding hydrogens is 392 g/mol. The molecule has 2 aromatic carbocycles. The highest BCUT2D eigenvalue weighted by Gasteiger charge is 2.14. The van der Waals surface area contributed by atoms with Crippen LogP contribution in [0, 0.1) is 0 Å². The van der Waals surface area contributed by atoms with E-state index in [9.17, 15) is 8.42 Å². The second-order valence-corrected chi connectivity index (χ2v) is 9.12. The summed E-state index contributed by atoms with van der Waals surface area (Å²) in [5, 5.41) is 1.19. The third-order valence-corrected chi connectivity index (χ3v) is 6.99. The highest BCUT2D eigenvalue weighted by Crippen LogP contribution is 2.33. The van der Waals surface area contributed by atoms with Crippen LogP contribution in [0.1, 0.15) is 0 Å². The molecule has 4 rings (SSSR count). The van der Waals surface area contributed by atoms with Gasteiger partial charge in [0.15, 0.2) is 0 Å². The number of hydrogen-bond donors (Lipinski definition) is 1. The molecule has 1 N–H and O–H groups in total. The molecule has 8 heteroatoms. The Labute approximate surface area is 167 Å². The van der Waals surface area contributed by atoms with Crippen LogP contribution in [-0.2, 0) is 10.0 Å². The van der Waals surface area contributed by atoms with Crippen molar-refractivity contribution in [3.05, 3.63) is 66.9 Å². The lowest BCUT2D eigenvalue weighted by Gasteiger charge is -2.17. The Morgan fingerprint density at radius 1 is 1.04 bits per heavy atom. The summed E-state index contributed by atoms with van der Waals surface area (Å²) in [4.78, 5) is 12.2. The van der Waals surface area contributed by atoms with E-state index >= 15 is 0 Å². The van der Waals surface area contributed by atoms with Crippen molar-refractivity contribution < 1.29 is 8.42 Å². The van der Waals surface area contributed by atoms with Crippen LogP contribution < -0.4 is 9.62 Å². The number of nitrogens with one attached hydrogen (secondary N) is 1. The van der Waals surface area contributed by atoms with Gasteiger partial charge in [-0.05, 0) is 54.9 Å². The molecule has 2 aromatic heterocycles. The summed E-state index contributed by atoms with van der Waals surface area (Å²) in [7, 11) is -0.215. The number of benzene rings is 2. The Balaban J connectivity index is 1.65. The summed E-state index contributed by atoms with van der Waals surface area (Å²) in [6.45, 7) is 0. The predicted octanol–water partition coefficient (Wildman–Crippen LogP) is 4.03. The largest absolute Gasteiger partial charge is 0.314 e. The molecule has 0 bridgehead atoms. The molecule has 0 radical (unpaired) electrons. The average Bonchev–Trinajstić information content (AvgIpc) is 3.18.